The van der Waals surface area contributed by atoms with Crippen LogP contribution in [0.15, 0.2) is 47.6 Å². The van der Waals surface area contributed by atoms with E-state index in [0.29, 0.717) is 10.7 Å². The van der Waals surface area contributed by atoms with Crippen molar-refractivity contribution in [3.8, 4) is 0 Å². The minimum Gasteiger partial charge on any atom is -0.343 e. The fourth-order valence-corrected chi connectivity index (χ4v) is 2.05. The van der Waals surface area contributed by atoms with Crippen LogP contribution in [0.1, 0.15) is 10.4 Å². The number of halogens is 2. The van der Waals surface area contributed by atoms with E-state index in [9.17, 15) is 14.0 Å². The molecule has 0 saturated carbocycles. The van der Waals surface area contributed by atoms with Gasteiger partial charge in [0.15, 0.2) is 0 Å². The number of rotatable bonds is 5. The smallest absolute Gasteiger partial charge is 0.251 e. The molecule has 8 heteroatoms. The Morgan fingerprint density at radius 2 is 1.91 bits per heavy atom. The van der Waals surface area contributed by atoms with Crippen molar-refractivity contribution in [3.05, 3.63) is 54.0 Å². The van der Waals surface area contributed by atoms with Gasteiger partial charge < -0.3 is 10.6 Å². The molecule has 2 amide bonds. The van der Waals surface area contributed by atoms with E-state index in [1.807, 2.05) is 0 Å². The van der Waals surface area contributed by atoms with Gasteiger partial charge in [-0.3, -0.25) is 9.59 Å². The van der Waals surface area contributed by atoms with Crippen molar-refractivity contribution in [1.29, 1.82) is 0 Å². The van der Waals surface area contributed by atoms with Gasteiger partial charge in [-0.2, -0.15) is 0 Å². The number of hydrogen-bond acceptors (Lipinski definition) is 4. The summed E-state index contributed by atoms with van der Waals surface area (Å²) >= 11 is 0. The number of hydrogen-bond donors (Lipinski definition) is 2. The number of amides is 2. The molecule has 0 radical (unpaired) electrons. The molecular formula is C14H11ClFN3O2S. The minimum absolute atomic E-state index is 0.206. The van der Waals surface area contributed by atoms with E-state index in [4.69, 9.17) is 10.7 Å². The van der Waals surface area contributed by atoms with Crippen LogP contribution in [-0.2, 0) is 4.79 Å². The topological polar surface area (TPSA) is 71.1 Å². The van der Waals surface area contributed by atoms with Crippen molar-refractivity contribution in [2.24, 2.45) is 0 Å². The van der Waals surface area contributed by atoms with Crippen LogP contribution in [0, 0.1) is 5.82 Å². The monoisotopic (exact) mass is 339 g/mol. The van der Waals surface area contributed by atoms with Crippen molar-refractivity contribution in [1.82, 2.24) is 10.3 Å². The molecule has 0 aliphatic rings. The van der Waals surface area contributed by atoms with Crippen LogP contribution in [0.5, 0.6) is 0 Å². The number of anilines is 1. The third-order valence-electron chi connectivity index (χ3n) is 2.62. The largest absolute Gasteiger partial charge is 0.343 e. The van der Waals surface area contributed by atoms with Gasteiger partial charge in [-0.05, 0) is 47.1 Å². The fourth-order valence-electron chi connectivity index (χ4n) is 1.57. The normalized spacial score (nSPS) is 10.1. The van der Waals surface area contributed by atoms with E-state index >= 15 is 0 Å². The van der Waals surface area contributed by atoms with Crippen LogP contribution >= 0.6 is 21.7 Å². The van der Waals surface area contributed by atoms with Crippen LogP contribution in [0.25, 0.3) is 0 Å². The fraction of sp³-hybridized carbons (Fsp3) is 0.0714. The van der Waals surface area contributed by atoms with Crippen LogP contribution in [0.3, 0.4) is 0 Å². The lowest BCUT2D eigenvalue weighted by Crippen LogP contribution is -2.32. The first kappa shape index (κ1) is 16.3. The molecule has 0 aliphatic carbocycles. The lowest BCUT2D eigenvalue weighted by Gasteiger charge is -2.07. The van der Waals surface area contributed by atoms with Gasteiger partial charge in [-0.25, -0.2) is 9.37 Å². The van der Waals surface area contributed by atoms with Crippen LogP contribution in [-0.4, -0.2) is 23.3 Å². The summed E-state index contributed by atoms with van der Waals surface area (Å²) in [5.41, 5.74) is 0.773. The van der Waals surface area contributed by atoms with Crippen LogP contribution in [0.4, 0.5) is 10.1 Å². The molecule has 0 saturated heterocycles. The molecule has 0 fully saturated rings. The lowest BCUT2D eigenvalue weighted by molar-refractivity contribution is -0.115. The lowest BCUT2D eigenvalue weighted by atomic mass is 10.2. The Kier molecular flexibility index (Phi) is 5.74. The molecule has 2 aromatic rings. The summed E-state index contributed by atoms with van der Waals surface area (Å²) in [6.07, 6.45) is 1.46. The summed E-state index contributed by atoms with van der Waals surface area (Å²) in [7, 11) is 6.51. The predicted molar refractivity (Wildman–Crippen MR) is 83.3 cm³/mol. The van der Waals surface area contributed by atoms with E-state index in [0.717, 1.165) is 11.0 Å². The molecule has 0 spiro atoms. The van der Waals surface area contributed by atoms with E-state index in [1.54, 1.807) is 12.1 Å². The summed E-state index contributed by atoms with van der Waals surface area (Å²) < 4.78 is 12.7. The highest BCUT2D eigenvalue weighted by Gasteiger charge is 2.08. The molecular weight excluding hydrogens is 329 g/mol. The Balaban J connectivity index is 1.84. The zero-order valence-electron chi connectivity index (χ0n) is 11.2. The Morgan fingerprint density at radius 3 is 2.50 bits per heavy atom. The zero-order chi connectivity index (χ0) is 15.9. The molecule has 1 aromatic carbocycles. The zero-order valence-corrected chi connectivity index (χ0v) is 12.7. The van der Waals surface area contributed by atoms with E-state index < -0.39 is 17.6 Å². The average Bonchev–Trinajstić information content (AvgIpc) is 2.54. The van der Waals surface area contributed by atoms with Crippen molar-refractivity contribution < 1.29 is 14.0 Å². The summed E-state index contributed by atoms with van der Waals surface area (Å²) in [6.45, 7) is -0.206. The molecule has 2 N–H and O–H groups in total. The second kappa shape index (κ2) is 7.77. The Morgan fingerprint density at radius 1 is 1.18 bits per heavy atom. The van der Waals surface area contributed by atoms with E-state index in [-0.39, 0.29) is 12.1 Å². The van der Waals surface area contributed by atoms with Gasteiger partial charge in [-0.15, -0.1) is 0 Å². The molecule has 5 nitrogen and oxygen atoms in total. The van der Waals surface area contributed by atoms with E-state index in [2.05, 4.69) is 15.6 Å². The molecule has 0 aliphatic heterocycles. The number of benzene rings is 1. The predicted octanol–water partition coefficient (Wildman–Crippen LogP) is 2.84. The van der Waals surface area contributed by atoms with Crippen LogP contribution in [0.2, 0.25) is 0 Å². The Labute approximate surface area is 134 Å². The highest BCUT2D eigenvalue weighted by Crippen LogP contribution is 2.20. The second-order valence-corrected chi connectivity index (χ2v) is 5.24. The summed E-state index contributed by atoms with van der Waals surface area (Å²) in [6, 6.07) is 8.35. The first-order chi connectivity index (χ1) is 10.6. The maximum Gasteiger partial charge on any atom is 0.251 e. The number of nitrogens with zero attached hydrogens (tertiary/aromatic N) is 1. The third kappa shape index (κ3) is 4.71. The first-order valence-corrected chi connectivity index (χ1v) is 7.81. The maximum atomic E-state index is 12.7. The Hall–Kier alpha value is -2.12. The SMILES string of the molecule is O=C(CNC(=O)c1ccc(F)cc1)Nc1ccc(SCl)nc1. The molecule has 0 atom stereocenters. The number of aromatic nitrogens is 1. The molecule has 2 rings (SSSR count). The van der Waals surface area contributed by atoms with Crippen molar-refractivity contribution in [2.45, 2.75) is 5.03 Å². The van der Waals surface area contributed by atoms with Gasteiger partial charge >= 0.3 is 0 Å². The molecule has 0 unspecified atom stereocenters. The summed E-state index contributed by atoms with van der Waals surface area (Å²) in [5.74, 6) is -1.29. The first-order valence-electron chi connectivity index (χ1n) is 6.17. The van der Waals surface area contributed by atoms with Gasteiger partial charge in [0.25, 0.3) is 5.91 Å². The number of carbonyl (C=O) groups is 2. The minimum atomic E-state index is -0.456. The van der Waals surface area contributed by atoms with Crippen molar-refractivity contribution >= 4 is 39.2 Å². The average molecular weight is 340 g/mol. The third-order valence-corrected chi connectivity index (χ3v) is 3.49. The quantitative estimate of drug-likeness (QED) is 0.878. The number of nitrogens with one attached hydrogen (secondary N) is 2. The molecule has 22 heavy (non-hydrogen) atoms. The second-order valence-electron chi connectivity index (χ2n) is 4.20. The Bertz CT molecular complexity index is 665. The highest BCUT2D eigenvalue weighted by molar-refractivity contribution is 8.21. The highest BCUT2D eigenvalue weighted by atomic mass is 35.7. The van der Waals surface area contributed by atoms with Gasteiger partial charge in [0.05, 0.1) is 18.4 Å². The molecule has 0 bridgehead atoms. The van der Waals surface area contributed by atoms with Crippen LogP contribution < -0.4 is 10.6 Å². The molecule has 1 aromatic heterocycles. The summed E-state index contributed by atoms with van der Waals surface area (Å²) in [5, 5.41) is 5.64. The van der Waals surface area contributed by atoms with Gasteiger partial charge in [0.2, 0.25) is 5.91 Å². The van der Waals surface area contributed by atoms with Gasteiger partial charge in [0, 0.05) is 16.5 Å². The standard InChI is InChI=1S/C14H11ClFN3O2S/c15-22-13-6-5-11(7-17-13)19-12(20)8-18-14(21)9-1-3-10(16)4-2-9/h1-7H,8H2,(H,18,21)(H,19,20). The summed E-state index contributed by atoms with van der Waals surface area (Å²) in [4.78, 5) is 27.5. The van der Waals surface area contributed by atoms with E-state index in [1.165, 1.54) is 30.5 Å². The molecule has 1 heterocycles. The van der Waals surface area contributed by atoms with Gasteiger partial charge in [-0.1, -0.05) is 0 Å². The van der Waals surface area contributed by atoms with Gasteiger partial charge in [0.1, 0.15) is 10.8 Å². The number of pyridine rings is 1. The van der Waals surface area contributed by atoms with Crippen molar-refractivity contribution in [3.63, 3.8) is 0 Å². The maximum absolute atomic E-state index is 12.7. The van der Waals surface area contributed by atoms with Crippen molar-refractivity contribution in [2.75, 3.05) is 11.9 Å². The number of carbonyl (C=O) groups excluding carboxylic acids is 2. The molecule has 114 valence electrons.